The van der Waals surface area contributed by atoms with Gasteiger partial charge in [-0.2, -0.15) is 0 Å². The maximum atomic E-state index is 12.1. The molecular weight excluding hydrogens is 282 g/mol. The van der Waals surface area contributed by atoms with Gasteiger partial charge in [0.1, 0.15) is 0 Å². The number of nitrogens with one attached hydrogen (secondary N) is 1. The molecule has 0 amide bonds. The van der Waals surface area contributed by atoms with Gasteiger partial charge in [0.25, 0.3) is 0 Å². The molecule has 1 aromatic carbocycles. The maximum Gasteiger partial charge on any atom is 0.336 e. The molecule has 0 aliphatic heterocycles. The molecule has 3 N–H and O–H groups in total. The van der Waals surface area contributed by atoms with E-state index in [1.807, 2.05) is 19.9 Å². The highest BCUT2D eigenvalue weighted by Gasteiger charge is 2.31. The van der Waals surface area contributed by atoms with Crippen LogP contribution in [-0.4, -0.2) is 36.7 Å². The van der Waals surface area contributed by atoms with Crippen LogP contribution in [0.5, 0.6) is 0 Å². The number of aliphatic carboxylic acids is 1. The van der Waals surface area contributed by atoms with Crippen LogP contribution in [0.3, 0.4) is 0 Å². The lowest BCUT2D eigenvalue weighted by Gasteiger charge is -2.18. The summed E-state index contributed by atoms with van der Waals surface area (Å²) < 4.78 is 26.2. The molecule has 6 nitrogen and oxygen atoms in total. The lowest BCUT2D eigenvalue weighted by Crippen LogP contribution is -2.46. The molecule has 7 heteroatoms. The molecule has 1 unspecified atom stereocenters. The first kappa shape index (κ1) is 16.6. The molecule has 0 bridgehead atoms. The number of carbonyl (C=O) groups is 1. The highest BCUT2D eigenvalue weighted by molar-refractivity contribution is 7.89. The summed E-state index contributed by atoms with van der Waals surface area (Å²) in [6, 6.07) is 6.39. The Kier molecular flexibility index (Phi) is 4.90. The van der Waals surface area contributed by atoms with E-state index in [0.717, 1.165) is 12.5 Å². The summed E-state index contributed by atoms with van der Waals surface area (Å²) in [4.78, 5) is 10.8. The number of sulfonamides is 1. The molecule has 0 saturated heterocycles. The average molecular weight is 301 g/mol. The fourth-order valence-corrected chi connectivity index (χ4v) is 2.62. The van der Waals surface area contributed by atoms with Crippen molar-refractivity contribution in [1.29, 1.82) is 0 Å². The summed E-state index contributed by atoms with van der Waals surface area (Å²) in [6.07, 6.45) is 0. The Morgan fingerprint density at radius 1 is 1.40 bits per heavy atom. The van der Waals surface area contributed by atoms with Crippen molar-refractivity contribution in [3.8, 4) is 0 Å². The minimum Gasteiger partial charge on any atom is -0.479 e. The van der Waals surface area contributed by atoms with E-state index in [-0.39, 0.29) is 10.8 Å². The van der Waals surface area contributed by atoms with Gasteiger partial charge in [-0.25, -0.2) is 17.9 Å². The minimum atomic E-state index is -3.86. The van der Waals surface area contributed by atoms with Gasteiger partial charge in [0, 0.05) is 0 Å². The Morgan fingerprint density at radius 3 is 2.50 bits per heavy atom. The summed E-state index contributed by atoms with van der Waals surface area (Å²) in [5.74, 6) is -1.32. The van der Waals surface area contributed by atoms with Crippen LogP contribution in [0.4, 0.5) is 0 Å². The molecule has 0 fully saturated rings. The van der Waals surface area contributed by atoms with E-state index in [1.165, 1.54) is 12.1 Å². The van der Waals surface area contributed by atoms with Crippen molar-refractivity contribution in [2.24, 2.45) is 0 Å². The summed E-state index contributed by atoms with van der Waals surface area (Å²) in [6.45, 7) is 4.31. The third-order valence-electron chi connectivity index (χ3n) is 2.90. The summed E-state index contributed by atoms with van der Waals surface area (Å²) in [5, 5.41) is 18.3. The van der Waals surface area contributed by atoms with Crippen molar-refractivity contribution in [2.75, 3.05) is 6.54 Å². The van der Waals surface area contributed by atoms with Crippen molar-refractivity contribution < 1.29 is 23.4 Å². The third kappa shape index (κ3) is 4.03. The molecule has 0 radical (unpaired) electrons. The fraction of sp³-hybridized carbons (Fsp3) is 0.462. The van der Waals surface area contributed by atoms with E-state index < -0.39 is 28.1 Å². The van der Waals surface area contributed by atoms with Crippen molar-refractivity contribution in [1.82, 2.24) is 4.72 Å². The molecule has 0 spiro atoms. The zero-order valence-electron chi connectivity index (χ0n) is 11.6. The number of aliphatic hydroxyl groups is 1. The topological polar surface area (TPSA) is 104 Å². The van der Waals surface area contributed by atoms with E-state index in [9.17, 15) is 18.3 Å². The van der Waals surface area contributed by atoms with E-state index in [4.69, 9.17) is 5.11 Å². The van der Waals surface area contributed by atoms with Crippen LogP contribution in [0.1, 0.15) is 32.3 Å². The number of benzene rings is 1. The van der Waals surface area contributed by atoms with Crippen molar-refractivity contribution >= 4 is 16.0 Å². The predicted molar refractivity (Wildman–Crippen MR) is 74.0 cm³/mol. The SMILES string of the molecule is CC(C)c1cccc(S(=O)(=O)NCC(C)(O)C(=O)O)c1. The predicted octanol–water partition coefficient (Wildman–Crippen LogP) is 0.924. The van der Waals surface area contributed by atoms with E-state index in [1.54, 1.807) is 6.07 Å². The van der Waals surface area contributed by atoms with E-state index in [0.29, 0.717) is 0 Å². The summed E-state index contributed by atoms with van der Waals surface area (Å²) in [7, 11) is -3.86. The molecular formula is C13H19NO5S. The summed E-state index contributed by atoms with van der Waals surface area (Å²) in [5.41, 5.74) is -1.29. The lowest BCUT2D eigenvalue weighted by molar-refractivity contribution is -0.155. The molecule has 20 heavy (non-hydrogen) atoms. The van der Waals surface area contributed by atoms with Crippen LogP contribution in [0.25, 0.3) is 0 Å². The monoisotopic (exact) mass is 301 g/mol. The van der Waals surface area contributed by atoms with Gasteiger partial charge in [-0.05, 0) is 30.5 Å². The largest absolute Gasteiger partial charge is 0.479 e. The van der Waals surface area contributed by atoms with Crippen LogP contribution in [0, 0.1) is 0 Å². The van der Waals surface area contributed by atoms with Crippen LogP contribution in [-0.2, 0) is 14.8 Å². The normalized spacial score (nSPS) is 15.1. The van der Waals surface area contributed by atoms with Crippen LogP contribution < -0.4 is 4.72 Å². The van der Waals surface area contributed by atoms with E-state index >= 15 is 0 Å². The Balaban J connectivity index is 2.95. The number of hydrogen-bond acceptors (Lipinski definition) is 4. The Morgan fingerprint density at radius 2 is 2.00 bits per heavy atom. The van der Waals surface area contributed by atoms with Gasteiger partial charge in [-0.3, -0.25) is 0 Å². The average Bonchev–Trinajstić information content (AvgIpc) is 2.36. The fourth-order valence-electron chi connectivity index (χ4n) is 1.44. The first-order chi connectivity index (χ1) is 9.06. The molecule has 0 aromatic heterocycles. The zero-order chi connectivity index (χ0) is 15.6. The van der Waals surface area contributed by atoms with Crippen LogP contribution in [0.2, 0.25) is 0 Å². The Bertz CT molecular complexity index is 593. The molecule has 1 aromatic rings. The second-order valence-corrected chi connectivity index (χ2v) is 6.90. The molecule has 0 heterocycles. The van der Waals surface area contributed by atoms with Gasteiger partial charge in [0.15, 0.2) is 5.60 Å². The summed E-state index contributed by atoms with van der Waals surface area (Å²) >= 11 is 0. The second-order valence-electron chi connectivity index (χ2n) is 5.13. The molecule has 1 atom stereocenters. The highest BCUT2D eigenvalue weighted by Crippen LogP contribution is 2.18. The molecule has 1 rings (SSSR count). The number of hydrogen-bond donors (Lipinski definition) is 3. The van der Waals surface area contributed by atoms with E-state index in [2.05, 4.69) is 4.72 Å². The van der Waals surface area contributed by atoms with Crippen LogP contribution in [0.15, 0.2) is 29.2 Å². The van der Waals surface area contributed by atoms with Crippen molar-refractivity contribution in [3.05, 3.63) is 29.8 Å². The lowest BCUT2D eigenvalue weighted by atomic mass is 10.0. The minimum absolute atomic E-state index is 0.0462. The van der Waals surface area contributed by atoms with Crippen LogP contribution >= 0.6 is 0 Å². The van der Waals surface area contributed by atoms with Crippen molar-refractivity contribution in [3.63, 3.8) is 0 Å². The number of rotatable bonds is 6. The van der Waals surface area contributed by atoms with Gasteiger partial charge in [-0.15, -0.1) is 0 Å². The van der Waals surface area contributed by atoms with Crippen molar-refractivity contribution in [2.45, 2.75) is 37.2 Å². The Labute approximate surface area is 118 Å². The van der Waals surface area contributed by atoms with Gasteiger partial charge in [-0.1, -0.05) is 26.0 Å². The first-order valence-electron chi connectivity index (χ1n) is 6.11. The Hall–Kier alpha value is -1.44. The second kappa shape index (κ2) is 5.90. The first-order valence-corrected chi connectivity index (χ1v) is 7.60. The quantitative estimate of drug-likeness (QED) is 0.725. The molecule has 0 aliphatic rings. The van der Waals surface area contributed by atoms with Gasteiger partial charge in [0.05, 0.1) is 11.4 Å². The molecule has 0 aliphatic carbocycles. The number of carboxylic acids is 1. The highest BCUT2D eigenvalue weighted by atomic mass is 32.2. The number of carboxylic acid groups (broad SMARTS) is 1. The standard InChI is InChI=1S/C13H19NO5S/c1-9(2)10-5-4-6-11(7-10)20(18,19)14-8-13(3,17)12(15)16/h4-7,9,14,17H,8H2,1-3H3,(H,15,16). The molecule has 0 saturated carbocycles. The van der Waals surface area contributed by atoms with Gasteiger partial charge < -0.3 is 10.2 Å². The van der Waals surface area contributed by atoms with Gasteiger partial charge >= 0.3 is 5.97 Å². The smallest absolute Gasteiger partial charge is 0.336 e. The third-order valence-corrected chi connectivity index (χ3v) is 4.30. The molecule has 112 valence electrons. The van der Waals surface area contributed by atoms with Gasteiger partial charge in [0.2, 0.25) is 10.0 Å². The maximum absolute atomic E-state index is 12.1. The zero-order valence-corrected chi connectivity index (χ0v) is 12.4.